The molecular weight excluding hydrogens is 276 g/mol. The monoisotopic (exact) mass is 294 g/mol. The highest BCUT2D eigenvalue weighted by atomic mass is 35.5. The van der Waals surface area contributed by atoms with E-state index in [0.717, 1.165) is 11.4 Å². The number of para-hydroxylation sites is 1. The van der Waals surface area contributed by atoms with Gasteiger partial charge in [-0.25, -0.2) is 4.98 Å². The molecule has 1 N–H and O–H groups in total. The van der Waals surface area contributed by atoms with Gasteiger partial charge in [-0.05, 0) is 6.07 Å². The molecule has 0 aliphatic rings. The van der Waals surface area contributed by atoms with Gasteiger partial charge in [-0.1, -0.05) is 37.6 Å². The fraction of sp³-hybridized carbons (Fsp3) is 0.429. The first kappa shape index (κ1) is 14.8. The van der Waals surface area contributed by atoms with Gasteiger partial charge in [-0.3, -0.25) is 4.68 Å². The molecule has 0 saturated heterocycles. The van der Waals surface area contributed by atoms with E-state index in [2.05, 4.69) is 29.2 Å². The molecular formula is C14H19ClN4O. The van der Waals surface area contributed by atoms with E-state index < -0.39 is 0 Å². The van der Waals surface area contributed by atoms with Crippen LogP contribution in [0.5, 0.6) is 5.75 Å². The van der Waals surface area contributed by atoms with Gasteiger partial charge in [0.2, 0.25) is 0 Å². The molecule has 0 radical (unpaired) electrons. The summed E-state index contributed by atoms with van der Waals surface area (Å²) in [6.45, 7) is 5.26. The highest BCUT2D eigenvalue weighted by molar-refractivity contribution is 6.32. The van der Waals surface area contributed by atoms with Gasteiger partial charge in [0.1, 0.15) is 18.7 Å². The van der Waals surface area contributed by atoms with Gasteiger partial charge in [0, 0.05) is 25.2 Å². The summed E-state index contributed by atoms with van der Waals surface area (Å²) in [7, 11) is 1.83. The fourth-order valence-corrected chi connectivity index (χ4v) is 2.00. The number of hydrogen-bond acceptors (Lipinski definition) is 4. The maximum absolute atomic E-state index is 6.23. The Morgan fingerprint density at radius 2 is 2.20 bits per heavy atom. The van der Waals surface area contributed by atoms with Crippen LogP contribution < -0.4 is 10.1 Å². The summed E-state index contributed by atoms with van der Waals surface area (Å²) >= 11 is 6.23. The molecule has 0 fully saturated rings. The molecule has 1 aromatic carbocycles. The van der Waals surface area contributed by atoms with Gasteiger partial charge >= 0.3 is 0 Å². The minimum absolute atomic E-state index is 0.342. The zero-order chi connectivity index (χ0) is 14.5. The van der Waals surface area contributed by atoms with Crippen LogP contribution in [-0.4, -0.2) is 20.8 Å². The summed E-state index contributed by atoms with van der Waals surface area (Å²) in [5.74, 6) is 1.46. The quantitative estimate of drug-likeness (QED) is 0.889. The second-order valence-electron chi connectivity index (χ2n) is 4.85. The molecule has 0 spiro atoms. The number of benzene rings is 1. The second kappa shape index (κ2) is 6.72. The summed E-state index contributed by atoms with van der Waals surface area (Å²) in [5.41, 5.74) is 1.04. The Hall–Kier alpha value is -1.59. The molecule has 1 aromatic heterocycles. The van der Waals surface area contributed by atoms with Gasteiger partial charge in [-0.15, -0.1) is 0 Å². The van der Waals surface area contributed by atoms with Crippen LogP contribution in [0.25, 0.3) is 0 Å². The highest BCUT2D eigenvalue weighted by Crippen LogP contribution is 2.29. The Morgan fingerprint density at radius 1 is 1.40 bits per heavy atom. The first-order valence-corrected chi connectivity index (χ1v) is 6.92. The van der Waals surface area contributed by atoms with Crippen molar-refractivity contribution in [2.75, 3.05) is 0 Å². The number of hydrogen-bond donors (Lipinski definition) is 1. The summed E-state index contributed by atoms with van der Waals surface area (Å²) in [6, 6.07) is 6.16. The van der Waals surface area contributed by atoms with Crippen LogP contribution >= 0.6 is 11.6 Å². The molecule has 5 nitrogen and oxygen atoms in total. The van der Waals surface area contributed by atoms with Crippen molar-refractivity contribution in [3.63, 3.8) is 0 Å². The fourth-order valence-electron chi connectivity index (χ4n) is 1.76. The maximum Gasteiger partial charge on any atom is 0.164 e. The number of nitrogens with zero attached hydrogens (tertiary/aromatic N) is 3. The van der Waals surface area contributed by atoms with Gasteiger partial charge in [0.15, 0.2) is 5.82 Å². The lowest BCUT2D eigenvalue weighted by molar-refractivity contribution is 0.286. The van der Waals surface area contributed by atoms with E-state index in [4.69, 9.17) is 16.3 Å². The lowest BCUT2D eigenvalue weighted by Crippen LogP contribution is -2.22. The van der Waals surface area contributed by atoms with Crippen LogP contribution in [-0.2, 0) is 20.2 Å². The minimum atomic E-state index is 0.342. The molecule has 1 heterocycles. The number of halogens is 1. The number of ether oxygens (including phenoxy) is 1. The first-order valence-electron chi connectivity index (χ1n) is 6.54. The van der Waals surface area contributed by atoms with Gasteiger partial charge < -0.3 is 10.1 Å². The summed E-state index contributed by atoms with van der Waals surface area (Å²) < 4.78 is 7.51. The van der Waals surface area contributed by atoms with E-state index in [1.165, 1.54) is 6.33 Å². The van der Waals surface area contributed by atoms with E-state index >= 15 is 0 Å². The predicted octanol–water partition coefficient (Wildman–Crippen LogP) is 2.55. The molecule has 0 amide bonds. The predicted molar refractivity (Wildman–Crippen MR) is 78.8 cm³/mol. The number of rotatable bonds is 6. The largest absolute Gasteiger partial charge is 0.484 e. The van der Waals surface area contributed by atoms with Crippen LogP contribution in [0, 0.1) is 0 Å². The van der Waals surface area contributed by atoms with E-state index in [-0.39, 0.29) is 0 Å². The Balaban J connectivity index is 2.11. The molecule has 2 aromatic rings. The molecule has 0 aliphatic heterocycles. The van der Waals surface area contributed by atoms with Gasteiger partial charge in [0.25, 0.3) is 0 Å². The molecule has 0 atom stereocenters. The Kier molecular flexibility index (Phi) is 4.98. The van der Waals surface area contributed by atoms with Crippen LogP contribution in [0.3, 0.4) is 0 Å². The van der Waals surface area contributed by atoms with Crippen molar-refractivity contribution < 1.29 is 4.74 Å². The lowest BCUT2D eigenvalue weighted by atomic mass is 10.2. The minimum Gasteiger partial charge on any atom is -0.484 e. The van der Waals surface area contributed by atoms with Crippen molar-refractivity contribution in [1.82, 2.24) is 20.1 Å². The third kappa shape index (κ3) is 3.71. The Bertz CT molecular complexity index is 568. The number of nitrogens with one attached hydrogen (secondary N) is 1. The van der Waals surface area contributed by atoms with Crippen molar-refractivity contribution in [3.05, 3.63) is 40.9 Å². The smallest absolute Gasteiger partial charge is 0.164 e. The molecule has 0 aliphatic carbocycles. The standard InChI is InChI=1S/C14H19ClN4O/c1-10(2)16-7-11-5-4-6-12(15)14(11)20-8-13-17-9-18-19(13)3/h4-6,9-10,16H,7-8H2,1-3H3. The Labute approximate surface area is 123 Å². The Morgan fingerprint density at radius 3 is 2.85 bits per heavy atom. The van der Waals surface area contributed by atoms with E-state index in [0.29, 0.717) is 30.0 Å². The zero-order valence-corrected chi connectivity index (χ0v) is 12.7. The lowest BCUT2D eigenvalue weighted by Gasteiger charge is -2.14. The van der Waals surface area contributed by atoms with Crippen molar-refractivity contribution >= 4 is 11.6 Å². The number of aryl methyl sites for hydroxylation is 1. The third-order valence-corrected chi connectivity index (χ3v) is 3.20. The van der Waals surface area contributed by atoms with Crippen LogP contribution in [0.2, 0.25) is 5.02 Å². The van der Waals surface area contributed by atoms with E-state index in [1.807, 2.05) is 25.2 Å². The van der Waals surface area contributed by atoms with Gasteiger partial charge in [0.05, 0.1) is 5.02 Å². The third-order valence-electron chi connectivity index (χ3n) is 2.90. The number of aromatic nitrogens is 3. The van der Waals surface area contributed by atoms with Crippen molar-refractivity contribution in [3.8, 4) is 5.75 Å². The molecule has 2 rings (SSSR count). The molecule has 108 valence electrons. The summed E-state index contributed by atoms with van der Waals surface area (Å²) in [6.07, 6.45) is 1.51. The molecule has 0 bridgehead atoms. The van der Waals surface area contributed by atoms with Crippen LogP contribution in [0.4, 0.5) is 0 Å². The molecule has 20 heavy (non-hydrogen) atoms. The van der Waals surface area contributed by atoms with Crippen LogP contribution in [0.15, 0.2) is 24.5 Å². The molecule has 6 heteroatoms. The van der Waals surface area contributed by atoms with Crippen LogP contribution in [0.1, 0.15) is 25.2 Å². The SMILES string of the molecule is CC(C)NCc1cccc(Cl)c1OCc1ncnn1C. The zero-order valence-electron chi connectivity index (χ0n) is 11.9. The van der Waals surface area contributed by atoms with Crippen molar-refractivity contribution in [1.29, 1.82) is 0 Å². The topological polar surface area (TPSA) is 52.0 Å². The van der Waals surface area contributed by atoms with Crippen molar-refractivity contribution in [2.24, 2.45) is 7.05 Å². The highest BCUT2D eigenvalue weighted by Gasteiger charge is 2.10. The first-order chi connectivity index (χ1) is 9.58. The molecule has 0 unspecified atom stereocenters. The second-order valence-corrected chi connectivity index (χ2v) is 5.26. The average molecular weight is 295 g/mol. The normalized spacial score (nSPS) is 11.1. The average Bonchev–Trinajstić information content (AvgIpc) is 2.81. The van der Waals surface area contributed by atoms with E-state index in [1.54, 1.807) is 4.68 Å². The van der Waals surface area contributed by atoms with Gasteiger partial charge in [-0.2, -0.15) is 5.10 Å². The van der Waals surface area contributed by atoms with E-state index in [9.17, 15) is 0 Å². The summed E-state index contributed by atoms with van der Waals surface area (Å²) in [5, 5.41) is 7.98. The summed E-state index contributed by atoms with van der Waals surface area (Å²) in [4.78, 5) is 4.13. The maximum atomic E-state index is 6.23. The molecule has 0 saturated carbocycles. The van der Waals surface area contributed by atoms with Crippen molar-refractivity contribution in [2.45, 2.75) is 33.0 Å².